The number of pyridine rings is 1. The molecule has 2 fully saturated rings. The minimum Gasteiger partial charge on any atom is -0.336 e. The Morgan fingerprint density at radius 1 is 1.10 bits per heavy atom. The number of nitrogens with zero attached hydrogens (tertiary/aromatic N) is 3. The fourth-order valence-corrected chi connectivity index (χ4v) is 5.34. The molecule has 2 amide bonds. The predicted molar refractivity (Wildman–Crippen MR) is 111 cm³/mol. The van der Waals surface area contributed by atoms with Crippen molar-refractivity contribution in [3.05, 3.63) is 54.4 Å². The largest absolute Gasteiger partial charge is 0.336 e. The SMILES string of the molecule is O=C(Nc1ccc(S(=O)(=O)N2CCCC2)cc1)C1CC(=O)N(Cc2ccccn2)C1. The maximum Gasteiger partial charge on any atom is 0.243 e. The molecule has 2 aromatic rings. The van der Waals surface area contributed by atoms with Crippen LogP contribution in [0.25, 0.3) is 0 Å². The Labute approximate surface area is 175 Å². The van der Waals surface area contributed by atoms with Gasteiger partial charge in [0.25, 0.3) is 0 Å². The van der Waals surface area contributed by atoms with Crippen molar-refractivity contribution in [2.45, 2.75) is 30.7 Å². The number of rotatable bonds is 6. The summed E-state index contributed by atoms with van der Waals surface area (Å²) in [4.78, 5) is 31.0. The van der Waals surface area contributed by atoms with Gasteiger partial charge in [-0.1, -0.05) is 6.07 Å². The lowest BCUT2D eigenvalue weighted by molar-refractivity contribution is -0.128. The van der Waals surface area contributed by atoms with E-state index in [9.17, 15) is 18.0 Å². The molecule has 0 spiro atoms. The molecule has 1 unspecified atom stereocenters. The fourth-order valence-electron chi connectivity index (χ4n) is 3.82. The van der Waals surface area contributed by atoms with Gasteiger partial charge in [0.05, 0.1) is 23.1 Å². The average molecular weight is 429 g/mol. The highest BCUT2D eigenvalue weighted by molar-refractivity contribution is 7.89. The molecule has 9 heteroatoms. The van der Waals surface area contributed by atoms with Crippen LogP contribution in [0.3, 0.4) is 0 Å². The first-order valence-corrected chi connectivity index (χ1v) is 11.5. The minimum atomic E-state index is -3.48. The van der Waals surface area contributed by atoms with E-state index in [2.05, 4.69) is 10.3 Å². The average Bonchev–Trinajstić information content (AvgIpc) is 3.40. The van der Waals surface area contributed by atoms with Crippen molar-refractivity contribution in [1.29, 1.82) is 0 Å². The van der Waals surface area contributed by atoms with E-state index >= 15 is 0 Å². The third-order valence-corrected chi connectivity index (χ3v) is 7.40. The Hall–Kier alpha value is -2.78. The van der Waals surface area contributed by atoms with Crippen LogP contribution in [0, 0.1) is 5.92 Å². The minimum absolute atomic E-state index is 0.0761. The standard InChI is InChI=1S/C21H24N4O4S/c26-20-13-16(14-24(20)15-18-5-1-2-10-22-18)21(27)23-17-6-8-19(9-7-17)30(28,29)25-11-3-4-12-25/h1-2,5-10,16H,3-4,11-15H2,(H,23,27). The molecule has 1 aromatic carbocycles. The van der Waals surface area contributed by atoms with E-state index in [4.69, 9.17) is 0 Å². The zero-order chi connectivity index (χ0) is 21.1. The third-order valence-electron chi connectivity index (χ3n) is 5.49. The van der Waals surface area contributed by atoms with E-state index in [-0.39, 0.29) is 23.1 Å². The second-order valence-corrected chi connectivity index (χ2v) is 9.56. The van der Waals surface area contributed by atoms with Gasteiger partial charge in [-0.15, -0.1) is 0 Å². The number of carbonyl (C=O) groups is 2. The normalized spacial score (nSPS) is 19.9. The van der Waals surface area contributed by atoms with Gasteiger partial charge in [0, 0.05) is 37.9 Å². The van der Waals surface area contributed by atoms with Crippen molar-refractivity contribution >= 4 is 27.5 Å². The highest BCUT2D eigenvalue weighted by atomic mass is 32.2. The molecule has 0 radical (unpaired) electrons. The van der Waals surface area contributed by atoms with E-state index in [1.807, 2.05) is 18.2 Å². The van der Waals surface area contributed by atoms with E-state index in [1.54, 1.807) is 23.2 Å². The third kappa shape index (κ3) is 4.36. The molecule has 1 N–H and O–H groups in total. The number of carbonyl (C=O) groups excluding carboxylic acids is 2. The van der Waals surface area contributed by atoms with Crippen LogP contribution in [0.1, 0.15) is 25.0 Å². The van der Waals surface area contributed by atoms with Crippen molar-refractivity contribution in [3.63, 3.8) is 0 Å². The van der Waals surface area contributed by atoms with Crippen LogP contribution in [0.2, 0.25) is 0 Å². The molecule has 0 aliphatic carbocycles. The lowest BCUT2D eigenvalue weighted by atomic mass is 10.1. The molecule has 3 heterocycles. The van der Waals surface area contributed by atoms with Gasteiger partial charge in [-0.2, -0.15) is 4.31 Å². The summed E-state index contributed by atoms with van der Waals surface area (Å²) in [5.41, 5.74) is 1.29. The molecular formula is C21H24N4O4S. The second kappa shape index (κ2) is 8.53. The summed E-state index contributed by atoms with van der Waals surface area (Å²) in [6.45, 7) is 1.81. The molecule has 0 saturated carbocycles. The van der Waals surface area contributed by atoms with Crippen LogP contribution in [-0.4, -0.2) is 54.1 Å². The monoisotopic (exact) mass is 428 g/mol. The maximum atomic E-state index is 12.6. The van der Waals surface area contributed by atoms with Gasteiger partial charge in [-0.05, 0) is 49.2 Å². The first kappa shape index (κ1) is 20.5. The summed E-state index contributed by atoms with van der Waals surface area (Å²) in [5.74, 6) is -0.774. The van der Waals surface area contributed by atoms with Crippen LogP contribution in [0.5, 0.6) is 0 Å². The van der Waals surface area contributed by atoms with Gasteiger partial charge in [0.1, 0.15) is 0 Å². The van der Waals surface area contributed by atoms with Gasteiger partial charge in [0.15, 0.2) is 0 Å². The summed E-state index contributed by atoms with van der Waals surface area (Å²) < 4.78 is 26.7. The van der Waals surface area contributed by atoms with Crippen molar-refractivity contribution in [3.8, 4) is 0 Å². The van der Waals surface area contributed by atoms with Crippen LogP contribution < -0.4 is 5.32 Å². The number of anilines is 1. The Morgan fingerprint density at radius 3 is 2.50 bits per heavy atom. The fraction of sp³-hybridized carbons (Fsp3) is 0.381. The molecule has 1 atom stereocenters. The molecular weight excluding hydrogens is 404 g/mol. The number of hydrogen-bond donors (Lipinski definition) is 1. The number of nitrogens with one attached hydrogen (secondary N) is 1. The summed E-state index contributed by atoms with van der Waals surface area (Å²) in [7, 11) is -3.48. The summed E-state index contributed by atoms with van der Waals surface area (Å²) >= 11 is 0. The zero-order valence-corrected chi connectivity index (χ0v) is 17.3. The molecule has 4 rings (SSSR count). The lowest BCUT2D eigenvalue weighted by Crippen LogP contribution is -2.28. The number of sulfonamides is 1. The molecule has 0 bridgehead atoms. The zero-order valence-electron chi connectivity index (χ0n) is 16.5. The van der Waals surface area contributed by atoms with Gasteiger partial charge in [0.2, 0.25) is 21.8 Å². The van der Waals surface area contributed by atoms with Crippen molar-refractivity contribution in [1.82, 2.24) is 14.2 Å². The van der Waals surface area contributed by atoms with Gasteiger partial charge >= 0.3 is 0 Å². The quantitative estimate of drug-likeness (QED) is 0.757. The van der Waals surface area contributed by atoms with Gasteiger partial charge < -0.3 is 10.2 Å². The maximum absolute atomic E-state index is 12.6. The first-order valence-electron chi connectivity index (χ1n) is 10.0. The second-order valence-electron chi connectivity index (χ2n) is 7.62. The predicted octanol–water partition coefficient (Wildman–Crippen LogP) is 1.85. The van der Waals surface area contributed by atoms with Crippen molar-refractivity contribution in [2.24, 2.45) is 5.92 Å². The van der Waals surface area contributed by atoms with Gasteiger partial charge in [-0.3, -0.25) is 14.6 Å². The Bertz CT molecular complexity index is 1020. The lowest BCUT2D eigenvalue weighted by Gasteiger charge is -2.17. The Morgan fingerprint density at radius 2 is 1.83 bits per heavy atom. The van der Waals surface area contributed by atoms with Crippen molar-refractivity contribution < 1.29 is 18.0 Å². The molecule has 30 heavy (non-hydrogen) atoms. The number of benzene rings is 1. The molecule has 2 saturated heterocycles. The number of likely N-dealkylation sites (tertiary alicyclic amines) is 1. The van der Waals surface area contributed by atoms with Gasteiger partial charge in [-0.25, -0.2) is 8.42 Å². The number of hydrogen-bond acceptors (Lipinski definition) is 5. The van der Waals surface area contributed by atoms with E-state index in [0.29, 0.717) is 31.9 Å². The molecule has 158 valence electrons. The van der Waals surface area contributed by atoms with Crippen LogP contribution >= 0.6 is 0 Å². The highest BCUT2D eigenvalue weighted by Gasteiger charge is 2.34. The Balaban J connectivity index is 1.36. The summed E-state index contributed by atoms with van der Waals surface area (Å²) in [5, 5.41) is 2.80. The molecule has 1 aromatic heterocycles. The molecule has 2 aliphatic heterocycles. The first-order chi connectivity index (χ1) is 14.4. The van der Waals surface area contributed by atoms with E-state index in [0.717, 1.165) is 18.5 Å². The summed E-state index contributed by atoms with van der Waals surface area (Å²) in [6, 6.07) is 11.7. The van der Waals surface area contributed by atoms with Crippen LogP contribution in [0.15, 0.2) is 53.6 Å². The molecule has 8 nitrogen and oxygen atoms in total. The number of aromatic nitrogens is 1. The highest BCUT2D eigenvalue weighted by Crippen LogP contribution is 2.24. The van der Waals surface area contributed by atoms with Crippen LogP contribution in [-0.2, 0) is 26.2 Å². The van der Waals surface area contributed by atoms with E-state index in [1.165, 1.54) is 16.4 Å². The Kier molecular flexibility index (Phi) is 5.83. The van der Waals surface area contributed by atoms with Crippen molar-refractivity contribution in [2.75, 3.05) is 25.0 Å². The van der Waals surface area contributed by atoms with E-state index < -0.39 is 15.9 Å². The topological polar surface area (TPSA) is 99.7 Å². The summed E-state index contributed by atoms with van der Waals surface area (Å²) in [6.07, 6.45) is 3.59. The molecule has 2 aliphatic rings. The number of amides is 2. The van der Waals surface area contributed by atoms with Crippen LogP contribution in [0.4, 0.5) is 5.69 Å². The smallest absolute Gasteiger partial charge is 0.243 e.